The van der Waals surface area contributed by atoms with Crippen LogP contribution in [0.4, 0.5) is 19.0 Å². The van der Waals surface area contributed by atoms with Crippen LogP contribution in [0.1, 0.15) is 45.1 Å². The summed E-state index contributed by atoms with van der Waals surface area (Å²) in [6, 6.07) is 7.98. The number of carbonyl (C=O) groups is 1. The second-order valence-electron chi connectivity index (χ2n) is 11.6. The van der Waals surface area contributed by atoms with Crippen molar-refractivity contribution in [3.05, 3.63) is 42.4 Å². The normalized spacial score (nSPS) is 18.4. The molecule has 0 saturated carbocycles. The highest BCUT2D eigenvalue weighted by Crippen LogP contribution is 2.40. The number of Topliss-reactive ketones (excluding diaryl/α,β-unsaturated/α-hetero) is 1. The van der Waals surface area contributed by atoms with Crippen molar-refractivity contribution in [2.75, 3.05) is 57.4 Å². The molecule has 2 aliphatic rings. The summed E-state index contributed by atoms with van der Waals surface area (Å²) in [6.45, 7) is 8.17. The SMILES string of the molecule is CCOc1cc(-c2ccc(N3CCC(CC(=O)CC(C)C(F)(F)F)(CN4CCOCC4)CC3)nc2)c2c(C#N)cnn2c1. The topological polar surface area (TPSA) is 96.0 Å². The number of carbonyl (C=O) groups excluding carboxylic acids is 1. The van der Waals surface area contributed by atoms with Crippen molar-refractivity contribution in [3.8, 4) is 22.9 Å². The van der Waals surface area contributed by atoms with E-state index in [9.17, 15) is 23.2 Å². The molecule has 0 N–H and O–H groups in total. The molecule has 1 unspecified atom stereocenters. The first kappa shape index (κ1) is 30.8. The summed E-state index contributed by atoms with van der Waals surface area (Å²) < 4.78 is 52.4. The number of fused-ring (bicyclic) bond motifs is 1. The smallest absolute Gasteiger partial charge is 0.391 e. The van der Waals surface area contributed by atoms with E-state index in [0.29, 0.717) is 69.1 Å². The lowest BCUT2D eigenvalue weighted by molar-refractivity contribution is -0.174. The van der Waals surface area contributed by atoms with Gasteiger partial charge in [-0.2, -0.15) is 23.5 Å². The molecule has 0 aromatic carbocycles. The Hall–Kier alpha value is -3.69. The Morgan fingerprint density at radius 3 is 2.56 bits per heavy atom. The van der Waals surface area contributed by atoms with Gasteiger partial charge in [-0.1, -0.05) is 6.92 Å². The lowest BCUT2D eigenvalue weighted by Gasteiger charge is -2.45. The lowest BCUT2D eigenvalue weighted by atomic mass is 9.73. The van der Waals surface area contributed by atoms with Crippen LogP contribution < -0.4 is 9.64 Å². The van der Waals surface area contributed by atoms with E-state index in [1.807, 2.05) is 25.1 Å². The summed E-state index contributed by atoms with van der Waals surface area (Å²) in [4.78, 5) is 22.1. The van der Waals surface area contributed by atoms with Crippen LogP contribution >= 0.6 is 0 Å². The Kier molecular flexibility index (Phi) is 9.22. The molecular weight excluding hydrogens is 561 g/mol. The van der Waals surface area contributed by atoms with Gasteiger partial charge in [0.1, 0.15) is 23.4 Å². The van der Waals surface area contributed by atoms with E-state index >= 15 is 0 Å². The Balaban J connectivity index is 1.32. The van der Waals surface area contributed by atoms with E-state index in [0.717, 1.165) is 37.0 Å². The number of anilines is 1. The van der Waals surface area contributed by atoms with Crippen LogP contribution in [0.3, 0.4) is 0 Å². The van der Waals surface area contributed by atoms with Gasteiger partial charge in [0.05, 0.1) is 49.2 Å². The van der Waals surface area contributed by atoms with Crippen LogP contribution in [0.5, 0.6) is 5.75 Å². The zero-order valence-electron chi connectivity index (χ0n) is 24.6. The van der Waals surface area contributed by atoms with Gasteiger partial charge in [0, 0.05) is 62.9 Å². The maximum absolute atomic E-state index is 13.2. The first-order valence-corrected chi connectivity index (χ1v) is 14.7. The molecule has 5 rings (SSSR count). The van der Waals surface area contributed by atoms with Crippen molar-refractivity contribution >= 4 is 17.1 Å². The number of hydrogen-bond donors (Lipinski definition) is 0. The van der Waals surface area contributed by atoms with Crippen molar-refractivity contribution in [1.29, 1.82) is 5.26 Å². The molecule has 0 radical (unpaired) electrons. The van der Waals surface area contributed by atoms with Crippen LogP contribution in [0.15, 0.2) is 36.8 Å². The largest absolute Gasteiger partial charge is 0.492 e. The zero-order chi connectivity index (χ0) is 30.6. The number of hydrogen-bond acceptors (Lipinski definition) is 8. The maximum Gasteiger partial charge on any atom is 0.391 e. The second kappa shape index (κ2) is 12.9. The summed E-state index contributed by atoms with van der Waals surface area (Å²) in [5.74, 6) is -0.558. The number of nitrogens with zero attached hydrogens (tertiary/aromatic N) is 6. The van der Waals surface area contributed by atoms with Gasteiger partial charge in [0.25, 0.3) is 0 Å². The van der Waals surface area contributed by atoms with Crippen molar-refractivity contribution in [2.24, 2.45) is 11.3 Å². The van der Waals surface area contributed by atoms with E-state index < -0.39 is 23.9 Å². The number of ketones is 1. The molecular formula is C31H37F3N6O3. The van der Waals surface area contributed by atoms with Crippen LogP contribution in [-0.4, -0.2) is 84.0 Å². The minimum atomic E-state index is -4.38. The average molecular weight is 599 g/mol. The van der Waals surface area contributed by atoms with Crippen LogP contribution in [0.2, 0.25) is 0 Å². The molecule has 0 bridgehead atoms. The third-order valence-corrected chi connectivity index (χ3v) is 8.55. The number of pyridine rings is 2. The van der Waals surface area contributed by atoms with E-state index in [1.165, 1.54) is 6.20 Å². The summed E-state index contributed by atoms with van der Waals surface area (Å²) in [5, 5.41) is 13.9. The fourth-order valence-electron chi connectivity index (χ4n) is 6.16. The predicted molar refractivity (Wildman–Crippen MR) is 155 cm³/mol. The third kappa shape index (κ3) is 7.11. The van der Waals surface area contributed by atoms with Gasteiger partial charge >= 0.3 is 6.18 Å². The first-order chi connectivity index (χ1) is 20.6. The van der Waals surface area contributed by atoms with E-state index in [1.54, 1.807) is 16.9 Å². The van der Waals surface area contributed by atoms with Crippen molar-refractivity contribution in [2.45, 2.75) is 45.7 Å². The molecule has 0 spiro atoms. The molecule has 2 fully saturated rings. The number of halogens is 3. The van der Waals surface area contributed by atoms with Gasteiger partial charge in [0.2, 0.25) is 0 Å². The summed E-state index contributed by atoms with van der Waals surface area (Å²) in [6.07, 6.45) is 1.69. The van der Waals surface area contributed by atoms with Gasteiger partial charge in [-0.3, -0.25) is 9.69 Å². The van der Waals surface area contributed by atoms with E-state index in [2.05, 4.69) is 21.0 Å². The molecule has 0 amide bonds. The van der Waals surface area contributed by atoms with Gasteiger partial charge in [-0.15, -0.1) is 0 Å². The number of rotatable bonds is 10. The second-order valence-corrected chi connectivity index (χ2v) is 11.6. The quantitative estimate of drug-likeness (QED) is 0.317. The summed E-state index contributed by atoms with van der Waals surface area (Å²) in [7, 11) is 0. The molecule has 0 aliphatic carbocycles. The van der Waals surface area contributed by atoms with Crippen molar-refractivity contribution in [1.82, 2.24) is 19.5 Å². The van der Waals surface area contributed by atoms with Crippen LogP contribution in [0.25, 0.3) is 16.6 Å². The highest BCUT2D eigenvalue weighted by molar-refractivity contribution is 5.85. The minimum absolute atomic E-state index is 0.143. The fourth-order valence-corrected chi connectivity index (χ4v) is 6.16. The van der Waals surface area contributed by atoms with E-state index in [-0.39, 0.29) is 12.2 Å². The highest BCUT2D eigenvalue weighted by atomic mass is 19.4. The molecule has 12 heteroatoms. The molecule has 2 aliphatic heterocycles. The molecule has 1 atom stereocenters. The zero-order valence-corrected chi connectivity index (χ0v) is 24.6. The summed E-state index contributed by atoms with van der Waals surface area (Å²) in [5.41, 5.74) is 2.34. The molecule has 5 heterocycles. The van der Waals surface area contributed by atoms with E-state index in [4.69, 9.17) is 14.5 Å². The number of piperidine rings is 1. The molecule has 3 aromatic heterocycles. The molecule has 3 aromatic rings. The van der Waals surface area contributed by atoms with Gasteiger partial charge in [-0.25, -0.2) is 9.50 Å². The number of ether oxygens (including phenoxy) is 2. The molecule has 9 nitrogen and oxygen atoms in total. The first-order valence-electron chi connectivity index (χ1n) is 14.7. The Morgan fingerprint density at radius 2 is 1.93 bits per heavy atom. The fraction of sp³-hybridized carbons (Fsp3) is 0.548. The molecule has 43 heavy (non-hydrogen) atoms. The third-order valence-electron chi connectivity index (χ3n) is 8.55. The number of nitriles is 1. The number of aromatic nitrogens is 3. The van der Waals surface area contributed by atoms with Crippen LogP contribution in [0, 0.1) is 22.7 Å². The Morgan fingerprint density at radius 1 is 1.19 bits per heavy atom. The predicted octanol–water partition coefficient (Wildman–Crippen LogP) is 5.13. The highest BCUT2D eigenvalue weighted by Gasteiger charge is 2.41. The van der Waals surface area contributed by atoms with Crippen LogP contribution in [-0.2, 0) is 9.53 Å². The van der Waals surface area contributed by atoms with Crippen molar-refractivity contribution < 1.29 is 27.4 Å². The molecule has 230 valence electrons. The van der Waals surface area contributed by atoms with Gasteiger partial charge in [-0.05, 0) is 43.4 Å². The van der Waals surface area contributed by atoms with Gasteiger partial charge < -0.3 is 14.4 Å². The minimum Gasteiger partial charge on any atom is -0.492 e. The number of morpholine rings is 1. The Labute approximate surface area is 249 Å². The standard InChI is InChI=1S/C31H37F3N6O3/c1-3-43-26-15-27(29-24(17-35)19-37-40(29)20-26)23-4-5-28(36-18-23)39-8-6-30(7-9-39,21-38-10-12-42-13-11-38)16-25(41)14-22(2)31(32,33)34/h4-5,15,18-20,22H,3,6-14,16,21H2,1-2H3. The lowest BCUT2D eigenvalue weighted by Crippen LogP contribution is -2.50. The van der Waals surface area contributed by atoms with Gasteiger partial charge in [0.15, 0.2) is 0 Å². The summed E-state index contributed by atoms with van der Waals surface area (Å²) >= 11 is 0. The number of alkyl halides is 3. The van der Waals surface area contributed by atoms with Crippen molar-refractivity contribution in [3.63, 3.8) is 0 Å². The average Bonchev–Trinajstić information content (AvgIpc) is 3.40. The monoisotopic (exact) mass is 598 g/mol. The molecule has 2 saturated heterocycles. The maximum atomic E-state index is 13.2. The Bertz CT molecular complexity index is 1450.